The molecule has 0 aliphatic carbocycles. The lowest BCUT2D eigenvalue weighted by atomic mass is 10.1. The minimum atomic E-state index is -2.89. The van der Waals surface area contributed by atoms with Crippen LogP contribution in [0.3, 0.4) is 0 Å². The molecule has 5 nitrogen and oxygen atoms in total. The number of hydrogen-bond acceptors (Lipinski definition) is 5. The Morgan fingerprint density at radius 3 is 2.87 bits per heavy atom. The third kappa shape index (κ3) is 2.21. The molecule has 1 aromatic rings. The van der Waals surface area contributed by atoms with Gasteiger partial charge in [-0.05, 0) is 13.3 Å². The number of nitrogens with two attached hydrogens (primary N) is 1. The van der Waals surface area contributed by atoms with Crippen molar-refractivity contribution in [1.82, 2.24) is 4.98 Å². The zero-order valence-corrected chi connectivity index (χ0v) is 9.33. The summed E-state index contributed by atoms with van der Waals surface area (Å²) in [5.41, 5.74) is 5.63. The summed E-state index contributed by atoms with van der Waals surface area (Å²) in [4.78, 5) is 4.07. The minimum absolute atomic E-state index is 0.0949. The molecule has 0 spiro atoms. The van der Waals surface area contributed by atoms with Crippen LogP contribution in [0.2, 0.25) is 0 Å². The van der Waals surface area contributed by atoms with Gasteiger partial charge in [-0.2, -0.15) is 0 Å². The van der Waals surface area contributed by atoms with Crippen LogP contribution < -0.4 is 5.73 Å². The van der Waals surface area contributed by atoms with Crippen LogP contribution in [0.1, 0.15) is 37.0 Å². The van der Waals surface area contributed by atoms with E-state index in [0.717, 1.165) is 0 Å². The molecule has 1 aromatic heterocycles. The molecule has 1 aliphatic rings. The maximum Gasteiger partial charge on any atom is 0.198 e. The smallest absolute Gasteiger partial charge is 0.198 e. The molecule has 2 heterocycles. The predicted molar refractivity (Wildman–Crippen MR) is 55.1 cm³/mol. The van der Waals surface area contributed by atoms with Crippen LogP contribution in [0, 0.1) is 0 Å². The lowest BCUT2D eigenvalue weighted by Crippen LogP contribution is -2.04. The van der Waals surface area contributed by atoms with Crippen LogP contribution in [0.15, 0.2) is 10.6 Å². The molecule has 1 fully saturated rings. The highest BCUT2D eigenvalue weighted by Crippen LogP contribution is 2.29. The summed E-state index contributed by atoms with van der Waals surface area (Å²) in [6.07, 6.45) is 2.17. The van der Waals surface area contributed by atoms with Crippen molar-refractivity contribution < 1.29 is 12.8 Å². The summed E-state index contributed by atoms with van der Waals surface area (Å²) in [6.45, 7) is 1.80. The maximum absolute atomic E-state index is 11.3. The number of hydrogen-bond donors (Lipinski definition) is 1. The van der Waals surface area contributed by atoms with Crippen molar-refractivity contribution >= 4 is 9.84 Å². The van der Waals surface area contributed by atoms with Gasteiger partial charge in [0.25, 0.3) is 0 Å². The third-order valence-electron chi connectivity index (χ3n) is 2.57. The van der Waals surface area contributed by atoms with Gasteiger partial charge in [0.05, 0.1) is 29.7 Å². The molecule has 1 aliphatic heterocycles. The highest BCUT2D eigenvalue weighted by Gasteiger charge is 2.32. The second-order valence-electron chi connectivity index (χ2n) is 3.99. The zero-order valence-electron chi connectivity index (χ0n) is 8.51. The largest absolute Gasteiger partial charge is 0.444 e. The SMILES string of the molecule is CC(N)c1cnc(C2CCS(=O)(=O)C2)o1. The van der Waals surface area contributed by atoms with Gasteiger partial charge in [0, 0.05) is 0 Å². The van der Waals surface area contributed by atoms with E-state index in [-0.39, 0.29) is 23.5 Å². The molecule has 6 heteroatoms. The van der Waals surface area contributed by atoms with Crippen molar-refractivity contribution in [1.29, 1.82) is 0 Å². The number of aromatic nitrogens is 1. The van der Waals surface area contributed by atoms with Crippen molar-refractivity contribution in [2.24, 2.45) is 5.73 Å². The first kappa shape index (κ1) is 10.6. The molecule has 0 bridgehead atoms. The van der Waals surface area contributed by atoms with Gasteiger partial charge in [0.15, 0.2) is 15.7 Å². The van der Waals surface area contributed by atoms with E-state index in [1.807, 2.05) is 0 Å². The molecule has 2 unspecified atom stereocenters. The Hall–Kier alpha value is -0.880. The number of oxazole rings is 1. The van der Waals surface area contributed by atoms with E-state index in [0.29, 0.717) is 18.1 Å². The van der Waals surface area contributed by atoms with Crippen LogP contribution in [0.25, 0.3) is 0 Å². The Balaban J connectivity index is 2.17. The van der Waals surface area contributed by atoms with Gasteiger partial charge >= 0.3 is 0 Å². The van der Waals surface area contributed by atoms with E-state index in [1.54, 1.807) is 13.1 Å². The fraction of sp³-hybridized carbons (Fsp3) is 0.667. The summed E-state index contributed by atoms with van der Waals surface area (Å²) in [6, 6.07) is -0.204. The maximum atomic E-state index is 11.3. The van der Waals surface area contributed by atoms with Gasteiger partial charge in [-0.1, -0.05) is 0 Å². The second kappa shape index (κ2) is 3.61. The van der Waals surface area contributed by atoms with Gasteiger partial charge < -0.3 is 10.2 Å². The molecule has 84 valence electrons. The van der Waals surface area contributed by atoms with Gasteiger partial charge in [-0.3, -0.25) is 0 Å². The zero-order chi connectivity index (χ0) is 11.1. The molecule has 1 saturated heterocycles. The van der Waals surface area contributed by atoms with Crippen LogP contribution in [-0.2, 0) is 9.84 Å². The first-order valence-corrected chi connectivity index (χ1v) is 6.72. The predicted octanol–water partition coefficient (Wildman–Crippen LogP) is 0.596. The first-order valence-electron chi connectivity index (χ1n) is 4.89. The molecule has 0 radical (unpaired) electrons. The van der Waals surface area contributed by atoms with Crippen LogP contribution in [0.4, 0.5) is 0 Å². The number of nitrogens with zero attached hydrogens (tertiary/aromatic N) is 1. The van der Waals surface area contributed by atoms with Crippen LogP contribution in [0.5, 0.6) is 0 Å². The van der Waals surface area contributed by atoms with E-state index in [9.17, 15) is 8.42 Å². The molecular weight excluding hydrogens is 216 g/mol. The summed E-state index contributed by atoms with van der Waals surface area (Å²) < 4.78 is 27.9. The van der Waals surface area contributed by atoms with E-state index in [2.05, 4.69) is 4.98 Å². The summed E-state index contributed by atoms with van der Waals surface area (Å²) in [5.74, 6) is 1.39. The quantitative estimate of drug-likeness (QED) is 0.803. The highest BCUT2D eigenvalue weighted by molar-refractivity contribution is 7.91. The van der Waals surface area contributed by atoms with Gasteiger partial charge in [0.2, 0.25) is 0 Å². The lowest BCUT2D eigenvalue weighted by Gasteiger charge is -2.02. The van der Waals surface area contributed by atoms with E-state index >= 15 is 0 Å². The van der Waals surface area contributed by atoms with Gasteiger partial charge in [-0.25, -0.2) is 13.4 Å². The lowest BCUT2D eigenvalue weighted by molar-refractivity contribution is 0.412. The molecule has 2 N–H and O–H groups in total. The van der Waals surface area contributed by atoms with Crippen molar-refractivity contribution in [3.8, 4) is 0 Å². The van der Waals surface area contributed by atoms with E-state index in [1.165, 1.54) is 0 Å². The molecule has 0 aromatic carbocycles. The van der Waals surface area contributed by atoms with Crippen LogP contribution in [-0.4, -0.2) is 24.9 Å². The van der Waals surface area contributed by atoms with Crippen molar-refractivity contribution in [2.45, 2.75) is 25.3 Å². The molecule has 0 saturated carbocycles. The average Bonchev–Trinajstić information content (AvgIpc) is 2.70. The number of rotatable bonds is 2. The summed E-state index contributed by atoms with van der Waals surface area (Å²) >= 11 is 0. The van der Waals surface area contributed by atoms with Gasteiger partial charge in [-0.15, -0.1) is 0 Å². The molecule has 2 atom stereocenters. The number of sulfone groups is 1. The minimum Gasteiger partial charge on any atom is -0.444 e. The fourth-order valence-electron chi connectivity index (χ4n) is 1.69. The standard InChI is InChI=1S/C9H14N2O3S/c1-6(10)8-4-11-9(14-8)7-2-3-15(12,13)5-7/h4,6-7H,2-3,5,10H2,1H3. The Morgan fingerprint density at radius 1 is 1.67 bits per heavy atom. The van der Waals surface area contributed by atoms with E-state index in [4.69, 9.17) is 10.2 Å². The first-order chi connectivity index (χ1) is 6.98. The summed E-state index contributed by atoms with van der Waals surface area (Å²) in [7, 11) is -2.89. The molecule has 0 amide bonds. The molecule has 2 rings (SSSR count). The van der Waals surface area contributed by atoms with Crippen molar-refractivity contribution in [3.05, 3.63) is 17.8 Å². The molecule has 15 heavy (non-hydrogen) atoms. The summed E-state index contributed by atoms with van der Waals surface area (Å²) in [5, 5.41) is 0. The molecular formula is C9H14N2O3S. The normalized spacial score (nSPS) is 26.7. The Kier molecular flexibility index (Phi) is 2.56. The Morgan fingerprint density at radius 2 is 2.40 bits per heavy atom. The topological polar surface area (TPSA) is 86.2 Å². The van der Waals surface area contributed by atoms with Crippen molar-refractivity contribution in [3.63, 3.8) is 0 Å². The monoisotopic (exact) mass is 230 g/mol. The average molecular weight is 230 g/mol. The second-order valence-corrected chi connectivity index (χ2v) is 6.22. The van der Waals surface area contributed by atoms with Crippen molar-refractivity contribution in [2.75, 3.05) is 11.5 Å². The fourth-order valence-corrected chi connectivity index (χ4v) is 3.42. The Labute approximate surface area is 88.6 Å². The van der Waals surface area contributed by atoms with Gasteiger partial charge in [0.1, 0.15) is 5.76 Å². The third-order valence-corrected chi connectivity index (χ3v) is 4.34. The van der Waals surface area contributed by atoms with E-state index < -0.39 is 9.84 Å². The Bertz CT molecular complexity index is 450. The highest BCUT2D eigenvalue weighted by atomic mass is 32.2. The van der Waals surface area contributed by atoms with Crippen LogP contribution >= 0.6 is 0 Å².